The van der Waals surface area contributed by atoms with Crippen molar-refractivity contribution in [2.75, 3.05) is 0 Å². The predicted molar refractivity (Wildman–Crippen MR) is 587 cm³/mol. The van der Waals surface area contributed by atoms with Gasteiger partial charge in [0.15, 0.2) is 45.9 Å². The van der Waals surface area contributed by atoms with E-state index in [2.05, 4.69) is 329 Å². The number of nitrogens with zero attached hydrogens (tertiary/aromatic N) is 10. The van der Waals surface area contributed by atoms with Gasteiger partial charge in [-0.2, -0.15) is 0 Å². The third kappa shape index (κ3) is 15.3. The highest BCUT2D eigenvalue weighted by Gasteiger charge is 2.28. The van der Waals surface area contributed by atoms with Gasteiger partial charge in [0.05, 0.1) is 72.6 Å². The molecule has 10 heterocycles. The van der Waals surface area contributed by atoms with Gasteiger partial charge >= 0.3 is 0 Å². The van der Waals surface area contributed by atoms with Crippen molar-refractivity contribution in [2.24, 2.45) is 0 Å². The van der Waals surface area contributed by atoms with E-state index in [0.29, 0.717) is 29.1 Å². The third-order valence-corrected chi connectivity index (χ3v) is 27.4. The minimum Gasteiger partial charge on any atom is -0.455 e. The second-order valence-electron chi connectivity index (χ2n) is 36.1. The summed E-state index contributed by atoms with van der Waals surface area (Å²) < 4.78 is 33.0. The zero-order valence-corrected chi connectivity index (χ0v) is 77.9. The Kier molecular flexibility index (Phi) is 20.9. The van der Waals surface area contributed by atoms with Crippen LogP contribution < -0.4 is 0 Å². The normalized spacial score (nSPS) is 11.6. The summed E-state index contributed by atoms with van der Waals surface area (Å²) >= 11 is 0. The van der Waals surface area contributed by atoms with Crippen LogP contribution in [0.5, 0.6) is 0 Å². The molecular weight excluding hydrogens is 1780 g/mol. The Morgan fingerprint density at radius 1 is 0.152 bits per heavy atom. The van der Waals surface area contributed by atoms with Gasteiger partial charge in [0.25, 0.3) is 0 Å². The molecule has 14 nitrogen and oxygen atoms in total. The van der Waals surface area contributed by atoms with Crippen LogP contribution in [0.2, 0.25) is 0 Å². The van der Waals surface area contributed by atoms with E-state index < -0.39 is 0 Å². The first kappa shape index (κ1) is 84.5. The van der Waals surface area contributed by atoms with Crippen molar-refractivity contribution in [3.8, 4) is 169 Å². The zero-order chi connectivity index (χ0) is 95.8. The minimum absolute atomic E-state index is 0.612. The maximum absolute atomic E-state index is 6.63. The lowest BCUT2D eigenvalue weighted by molar-refractivity contribution is 0.658. The van der Waals surface area contributed by atoms with E-state index in [9.17, 15) is 0 Å². The molecular formula is C131H82N10O4. The first-order valence-corrected chi connectivity index (χ1v) is 48.5. The van der Waals surface area contributed by atoms with Crippen molar-refractivity contribution in [3.63, 3.8) is 0 Å². The van der Waals surface area contributed by atoms with Crippen LogP contribution in [-0.2, 0) is 0 Å². The molecule has 29 rings (SSSR count). The molecule has 0 unspecified atom stereocenters. The summed E-state index contributed by atoms with van der Waals surface area (Å²) in [5.74, 6) is 3.29. The van der Waals surface area contributed by atoms with Crippen LogP contribution in [-0.4, -0.2) is 48.1 Å². The fraction of sp³-hybridized carbons (Fsp3) is 0. The Morgan fingerprint density at radius 2 is 0.462 bits per heavy atom. The smallest absolute Gasteiger partial charge is 0.213 e. The highest BCUT2D eigenvalue weighted by Crippen LogP contribution is 2.49. The van der Waals surface area contributed by atoms with Crippen molar-refractivity contribution in [1.82, 2.24) is 48.1 Å². The monoisotopic (exact) mass is 1860 g/mol. The molecule has 0 bridgehead atoms. The molecule has 0 fully saturated rings. The molecule has 10 aromatic heterocycles. The molecule has 0 aliphatic carbocycles. The van der Waals surface area contributed by atoms with Crippen molar-refractivity contribution < 1.29 is 17.7 Å². The number of oxazole rings is 3. The molecule has 0 aliphatic heterocycles. The largest absolute Gasteiger partial charge is 0.455 e. The predicted octanol–water partition coefficient (Wildman–Crippen LogP) is 34.2. The Hall–Kier alpha value is -19.8. The van der Waals surface area contributed by atoms with E-state index in [1.54, 1.807) is 0 Å². The van der Waals surface area contributed by atoms with Crippen LogP contribution in [0, 0.1) is 0 Å². The summed E-state index contributed by atoms with van der Waals surface area (Å²) in [4.78, 5) is 34.7. The maximum atomic E-state index is 6.63. The number of furan rings is 1. The Labute approximate surface area is 831 Å². The topological polar surface area (TPSA) is 156 Å². The lowest BCUT2D eigenvalue weighted by Crippen LogP contribution is -2.00. The number of hydrogen-bond donors (Lipinski definition) is 0. The van der Waals surface area contributed by atoms with Crippen LogP contribution in [0.15, 0.2) is 515 Å². The summed E-state index contributed by atoms with van der Waals surface area (Å²) in [6, 6.07) is 171. The van der Waals surface area contributed by atoms with Crippen LogP contribution in [0.1, 0.15) is 0 Å². The van der Waals surface area contributed by atoms with E-state index in [0.717, 1.165) is 222 Å². The van der Waals surface area contributed by atoms with Gasteiger partial charge < -0.3 is 17.7 Å². The van der Waals surface area contributed by atoms with Gasteiger partial charge in [-0.15, -0.1) is 0 Å². The van der Waals surface area contributed by atoms with Crippen LogP contribution in [0.3, 0.4) is 0 Å². The number of para-hydroxylation sites is 9. The number of hydrogen-bond acceptors (Lipinski definition) is 11. The van der Waals surface area contributed by atoms with Gasteiger partial charge in [-0.1, -0.05) is 425 Å². The lowest BCUT2D eigenvalue weighted by Gasteiger charge is -2.10. The standard InChI is InChI=1S/C47H28N4O2.2C42H27N3O/c1-3-12-30(13-4-1)44-48-45(31-14-5-2-6-15-31)50-46(49-44)32-24-22-29(23-25-32)42-37-28-33(26-27-38(37)51-39-19-8-10-21-41(39)53-47(42)51)34-17-11-18-36-35-16-7-9-20-40(35)52-43(34)36;1-4-13-28(14-5-1)33-19-12-20-34-39(42-45(40(33)34)37-21-10-11-22-38(37)46-42)31-25-23-30(24-26-31)36-27-35(29-15-6-2-7-16-29)43-41(44-36)32-17-8-3-9-18-32;1-4-12-28(13-5-1)33-24-25-34-38(26-33)45-37-18-10-11-19-39(37)46-42(45)40(34)31-22-20-30(21-23-31)36-27-35(29-14-6-2-7-15-29)43-41(44-36)32-16-8-3-9-17-32/h1-28H;2*1-27H. The molecule has 14 heteroatoms. The van der Waals surface area contributed by atoms with E-state index in [4.69, 9.17) is 52.6 Å². The van der Waals surface area contributed by atoms with Crippen LogP contribution in [0.25, 0.3) is 274 Å². The van der Waals surface area contributed by atoms with Gasteiger partial charge in [0, 0.05) is 88.1 Å². The summed E-state index contributed by atoms with van der Waals surface area (Å²) in [7, 11) is 0. The van der Waals surface area contributed by atoms with Crippen molar-refractivity contribution in [1.29, 1.82) is 0 Å². The summed E-state index contributed by atoms with van der Waals surface area (Å²) in [5, 5.41) is 5.61. The molecule has 0 radical (unpaired) electrons. The molecule has 145 heavy (non-hydrogen) atoms. The fourth-order valence-corrected chi connectivity index (χ4v) is 20.5. The van der Waals surface area contributed by atoms with E-state index in [-0.39, 0.29) is 0 Å². The SMILES string of the molecule is c1ccc(-c2cc(-c3ccc(-c4c5cccc(-c6ccccc6)c5n5c4oc4ccccc45)cc3)nc(-c3ccccc3)n2)cc1.c1ccc(-c2ccc3c(-c4ccc(-c5cc(-c6ccccc6)nc(-c6ccccc6)n5)cc4)c4oc5ccccc5n4c3c2)cc1.c1ccc(-c2nc(-c3ccccc3)nc(-c3ccc(-c4c5cc(-c6cccc7c6oc6ccccc67)ccc5n5c4oc4ccccc45)cc3)n2)cc1. The Morgan fingerprint density at radius 3 is 0.924 bits per heavy atom. The second kappa shape index (κ2) is 35.9. The third-order valence-electron chi connectivity index (χ3n) is 27.4. The highest BCUT2D eigenvalue weighted by molar-refractivity contribution is 6.15. The quantitative estimate of drug-likeness (QED) is 0.0962. The first-order valence-electron chi connectivity index (χ1n) is 48.5. The average molecular weight is 1860 g/mol. The van der Waals surface area contributed by atoms with Gasteiger partial charge in [-0.05, 0) is 112 Å². The minimum atomic E-state index is 0.612. The van der Waals surface area contributed by atoms with Gasteiger partial charge in [-0.3, -0.25) is 13.2 Å². The molecule has 680 valence electrons. The fourth-order valence-electron chi connectivity index (χ4n) is 20.5. The van der Waals surface area contributed by atoms with E-state index in [1.165, 1.54) is 22.3 Å². The molecule has 19 aromatic carbocycles. The van der Waals surface area contributed by atoms with Crippen LogP contribution >= 0.6 is 0 Å². The van der Waals surface area contributed by atoms with Crippen molar-refractivity contribution in [3.05, 3.63) is 497 Å². The summed E-state index contributed by atoms with van der Waals surface area (Å²) in [5.41, 5.74) is 38.9. The van der Waals surface area contributed by atoms with E-state index >= 15 is 0 Å². The molecule has 0 N–H and O–H groups in total. The molecule has 0 saturated heterocycles. The van der Waals surface area contributed by atoms with E-state index in [1.807, 2.05) is 182 Å². The molecule has 0 atom stereocenters. The average Bonchev–Trinajstić information content (AvgIpc) is 2.17. The zero-order valence-electron chi connectivity index (χ0n) is 77.9. The van der Waals surface area contributed by atoms with Gasteiger partial charge in [0.2, 0.25) is 17.1 Å². The number of benzene rings is 19. The maximum Gasteiger partial charge on any atom is 0.213 e. The summed E-state index contributed by atoms with van der Waals surface area (Å²) in [6.07, 6.45) is 0. The van der Waals surface area contributed by atoms with Crippen molar-refractivity contribution >= 4 is 105 Å². The molecule has 0 aliphatic rings. The Balaban J connectivity index is 0.000000108. The number of aromatic nitrogens is 10. The molecule has 29 aromatic rings. The number of fused-ring (bicyclic) bond motifs is 18. The van der Waals surface area contributed by atoms with Crippen LogP contribution in [0.4, 0.5) is 0 Å². The van der Waals surface area contributed by atoms with Gasteiger partial charge in [-0.25, -0.2) is 34.9 Å². The Bertz CT molecular complexity index is 9790. The molecule has 0 spiro atoms. The highest BCUT2D eigenvalue weighted by atomic mass is 16.4. The van der Waals surface area contributed by atoms with Gasteiger partial charge in [0.1, 0.15) is 11.2 Å². The number of rotatable bonds is 15. The van der Waals surface area contributed by atoms with Crippen molar-refractivity contribution in [2.45, 2.75) is 0 Å². The lowest BCUT2D eigenvalue weighted by atomic mass is 9.97. The molecule has 0 amide bonds. The second-order valence-corrected chi connectivity index (χ2v) is 36.1. The molecule has 0 saturated carbocycles. The summed E-state index contributed by atoms with van der Waals surface area (Å²) in [6.45, 7) is 0. The first-order chi connectivity index (χ1) is 71.9.